The number of benzene rings is 3. The predicted octanol–water partition coefficient (Wildman–Crippen LogP) is 4.10. The van der Waals surface area contributed by atoms with Gasteiger partial charge in [-0.1, -0.05) is 72.4 Å². The second-order valence-electron chi connectivity index (χ2n) is 6.81. The van der Waals surface area contributed by atoms with Crippen LogP contribution in [0.25, 0.3) is 16.8 Å². The third-order valence-electron chi connectivity index (χ3n) is 4.70. The molecule has 7 nitrogen and oxygen atoms in total. The van der Waals surface area contributed by atoms with E-state index in [2.05, 4.69) is 10.2 Å². The quantitative estimate of drug-likeness (QED) is 0.389. The number of hydrogen-bond donors (Lipinski definition) is 1. The maximum Gasteiger partial charge on any atom is 0.227 e. The van der Waals surface area contributed by atoms with Crippen molar-refractivity contribution in [2.45, 2.75) is 11.8 Å². The summed E-state index contributed by atoms with van der Waals surface area (Å²) in [4.78, 5) is 11.3. The lowest BCUT2D eigenvalue weighted by molar-refractivity contribution is -0.115. The average Bonchev–Trinajstić information content (AvgIpc) is 3.24. The van der Waals surface area contributed by atoms with Crippen molar-refractivity contribution in [2.24, 2.45) is 5.73 Å². The van der Waals surface area contributed by atoms with Crippen LogP contribution < -0.4 is 15.2 Å². The molecule has 0 unspecified atom stereocenters. The molecular formula is C24H22N4O3S. The number of carbonyl (C=O) groups is 1. The van der Waals surface area contributed by atoms with Crippen LogP contribution in [0.3, 0.4) is 0 Å². The zero-order valence-electron chi connectivity index (χ0n) is 17.5. The molecule has 1 heterocycles. The maximum atomic E-state index is 11.3. The number of carbonyl (C=O) groups excluding carboxylic acids is 1. The second-order valence-corrected chi connectivity index (χ2v) is 7.75. The Morgan fingerprint density at radius 1 is 0.938 bits per heavy atom. The SMILES string of the molecule is COc1ccccc1-n1c(COc2ccccc2-c2ccccc2)nnc1SCC(N)=O. The lowest BCUT2D eigenvalue weighted by atomic mass is 10.1. The molecule has 0 bridgehead atoms. The summed E-state index contributed by atoms with van der Waals surface area (Å²) in [6, 6.07) is 25.4. The monoisotopic (exact) mass is 446 g/mol. The molecule has 0 aliphatic heterocycles. The highest BCUT2D eigenvalue weighted by molar-refractivity contribution is 7.99. The summed E-state index contributed by atoms with van der Waals surface area (Å²) in [5.74, 6) is 1.62. The third-order valence-corrected chi connectivity index (χ3v) is 5.65. The molecule has 0 aliphatic carbocycles. The van der Waals surface area contributed by atoms with Crippen LogP contribution in [0.2, 0.25) is 0 Å². The van der Waals surface area contributed by atoms with E-state index in [0.717, 1.165) is 22.6 Å². The zero-order valence-corrected chi connectivity index (χ0v) is 18.3. The molecule has 4 rings (SSSR count). The number of methoxy groups -OCH3 is 1. The molecule has 0 fully saturated rings. The van der Waals surface area contributed by atoms with Crippen molar-refractivity contribution in [1.82, 2.24) is 14.8 Å². The van der Waals surface area contributed by atoms with Crippen LogP contribution in [0, 0.1) is 0 Å². The van der Waals surface area contributed by atoms with Gasteiger partial charge in [0.25, 0.3) is 0 Å². The van der Waals surface area contributed by atoms with E-state index in [-0.39, 0.29) is 12.4 Å². The molecular weight excluding hydrogens is 424 g/mol. The van der Waals surface area contributed by atoms with E-state index in [9.17, 15) is 4.79 Å². The van der Waals surface area contributed by atoms with Gasteiger partial charge in [-0.2, -0.15) is 0 Å². The number of amides is 1. The molecule has 1 amide bonds. The van der Waals surface area contributed by atoms with Gasteiger partial charge in [-0.05, 0) is 23.8 Å². The highest BCUT2D eigenvalue weighted by atomic mass is 32.2. The van der Waals surface area contributed by atoms with Gasteiger partial charge in [0.2, 0.25) is 5.91 Å². The highest BCUT2D eigenvalue weighted by Crippen LogP contribution is 2.32. The number of aromatic nitrogens is 3. The van der Waals surface area contributed by atoms with Crippen molar-refractivity contribution < 1.29 is 14.3 Å². The number of nitrogens with zero attached hydrogens (tertiary/aromatic N) is 3. The van der Waals surface area contributed by atoms with Gasteiger partial charge >= 0.3 is 0 Å². The van der Waals surface area contributed by atoms with Crippen LogP contribution in [0.1, 0.15) is 5.82 Å². The average molecular weight is 447 g/mol. The molecule has 0 aliphatic rings. The van der Waals surface area contributed by atoms with Crippen molar-refractivity contribution in [1.29, 1.82) is 0 Å². The normalized spacial score (nSPS) is 10.7. The number of hydrogen-bond acceptors (Lipinski definition) is 6. The zero-order chi connectivity index (χ0) is 22.3. The van der Waals surface area contributed by atoms with Crippen LogP contribution in [0.5, 0.6) is 11.5 Å². The number of para-hydroxylation sites is 3. The highest BCUT2D eigenvalue weighted by Gasteiger charge is 2.19. The minimum absolute atomic E-state index is 0.0883. The Hall–Kier alpha value is -3.78. The molecule has 3 aromatic carbocycles. The van der Waals surface area contributed by atoms with Crippen LogP contribution in [-0.4, -0.2) is 33.5 Å². The van der Waals surface area contributed by atoms with Gasteiger partial charge in [0.05, 0.1) is 18.6 Å². The van der Waals surface area contributed by atoms with Crippen molar-refractivity contribution in [3.8, 4) is 28.3 Å². The summed E-state index contributed by atoms with van der Waals surface area (Å²) < 4.78 is 13.5. The summed E-state index contributed by atoms with van der Waals surface area (Å²) in [5.41, 5.74) is 8.13. The number of nitrogens with two attached hydrogens (primary N) is 1. The van der Waals surface area contributed by atoms with E-state index in [4.69, 9.17) is 15.2 Å². The van der Waals surface area contributed by atoms with Crippen LogP contribution in [0.15, 0.2) is 84.0 Å². The van der Waals surface area contributed by atoms with E-state index < -0.39 is 5.91 Å². The third kappa shape index (κ3) is 4.76. The molecule has 0 spiro atoms. The molecule has 0 radical (unpaired) electrons. The first-order valence-electron chi connectivity index (χ1n) is 9.93. The molecule has 0 saturated carbocycles. The fourth-order valence-electron chi connectivity index (χ4n) is 3.27. The number of rotatable bonds is 9. The van der Waals surface area contributed by atoms with Crippen molar-refractivity contribution in [3.63, 3.8) is 0 Å². The second kappa shape index (κ2) is 10.0. The summed E-state index contributed by atoms with van der Waals surface area (Å²) in [5, 5.41) is 9.12. The lowest BCUT2D eigenvalue weighted by Gasteiger charge is -2.15. The summed E-state index contributed by atoms with van der Waals surface area (Å²) in [6.07, 6.45) is 0. The smallest absolute Gasteiger partial charge is 0.227 e. The fraction of sp³-hybridized carbons (Fsp3) is 0.125. The van der Waals surface area contributed by atoms with Gasteiger partial charge in [0.15, 0.2) is 11.0 Å². The maximum absolute atomic E-state index is 11.3. The Kier molecular flexibility index (Phi) is 6.72. The van der Waals surface area contributed by atoms with Gasteiger partial charge in [0.1, 0.15) is 18.1 Å². The first-order valence-corrected chi connectivity index (χ1v) is 10.9. The van der Waals surface area contributed by atoms with Gasteiger partial charge < -0.3 is 15.2 Å². The van der Waals surface area contributed by atoms with E-state index in [1.165, 1.54) is 11.8 Å². The molecule has 0 atom stereocenters. The van der Waals surface area contributed by atoms with E-state index in [0.29, 0.717) is 16.7 Å². The van der Waals surface area contributed by atoms with Gasteiger partial charge in [-0.25, -0.2) is 0 Å². The topological polar surface area (TPSA) is 92.3 Å². The van der Waals surface area contributed by atoms with E-state index in [1.807, 2.05) is 83.4 Å². The van der Waals surface area contributed by atoms with Gasteiger partial charge in [-0.3, -0.25) is 9.36 Å². The largest absolute Gasteiger partial charge is 0.495 e. The molecule has 0 saturated heterocycles. The number of primary amides is 1. The molecule has 2 N–H and O–H groups in total. The molecule has 8 heteroatoms. The van der Waals surface area contributed by atoms with E-state index >= 15 is 0 Å². The van der Waals surface area contributed by atoms with Gasteiger partial charge in [0, 0.05) is 5.56 Å². The molecule has 4 aromatic rings. The van der Waals surface area contributed by atoms with Crippen molar-refractivity contribution in [3.05, 3.63) is 84.7 Å². The first kappa shape index (κ1) is 21.5. The fourth-order valence-corrected chi connectivity index (χ4v) is 3.97. The lowest BCUT2D eigenvalue weighted by Crippen LogP contribution is -2.14. The number of thioether (sulfide) groups is 1. The summed E-state index contributed by atoms with van der Waals surface area (Å²) in [7, 11) is 1.60. The standard InChI is InChI=1S/C24H22N4O3S/c1-30-21-14-8-6-12-19(21)28-23(26-27-24(28)32-16-22(25)29)15-31-20-13-7-5-11-18(20)17-9-3-2-4-10-17/h2-14H,15-16H2,1H3,(H2,25,29). The van der Waals surface area contributed by atoms with E-state index in [1.54, 1.807) is 7.11 Å². The minimum Gasteiger partial charge on any atom is -0.495 e. The Bertz CT molecular complexity index is 1210. The minimum atomic E-state index is -0.431. The first-order chi connectivity index (χ1) is 15.7. The molecule has 162 valence electrons. The summed E-state index contributed by atoms with van der Waals surface area (Å²) >= 11 is 1.22. The van der Waals surface area contributed by atoms with Crippen LogP contribution in [-0.2, 0) is 11.4 Å². The predicted molar refractivity (Wildman–Crippen MR) is 124 cm³/mol. The van der Waals surface area contributed by atoms with Crippen LogP contribution >= 0.6 is 11.8 Å². The van der Waals surface area contributed by atoms with Gasteiger partial charge in [-0.15, -0.1) is 10.2 Å². The van der Waals surface area contributed by atoms with Crippen molar-refractivity contribution in [2.75, 3.05) is 12.9 Å². The Labute approximate surface area is 190 Å². The Balaban J connectivity index is 1.67. The molecule has 1 aromatic heterocycles. The molecule has 32 heavy (non-hydrogen) atoms. The number of ether oxygens (including phenoxy) is 2. The Morgan fingerprint density at radius 3 is 2.38 bits per heavy atom. The van der Waals surface area contributed by atoms with Crippen molar-refractivity contribution >= 4 is 17.7 Å². The Morgan fingerprint density at radius 2 is 1.62 bits per heavy atom. The van der Waals surface area contributed by atoms with Crippen LogP contribution in [0.4, 0.5) is 0 Å². The summed E-state index contributed by atoms with van der Waals surface area (Å²) in [6.45, 7) is 0.173.